The molecule has 5 nitrogen and oxygen atoms in total. The second-order valence-electron chi connectivity index (χ2n) is 14.6. The molecule has 276 valence electrons. The van der Waals surface area contributed by atoms with Gasteiger partial charge in [0.05, 0.1) is 5.52 Å². The third-order valence-corrected chi connectivity index (χ3v) is 10.9. The molecule has 3 aromatic heterocycles. The molecule has 0 amide bonds. The predicted octanol–water partition coefficient (Wildman–Crippen LogP) is 14.0. The molecule has 3 heterocycles. The van der Waals surface area contributed by atoms with Crippen molar-refractivity contribution < 1.29 is 4.42 Å². The van der Waals surface area contributed by atoms with Gasteiger partial charge in [-0.25, -0.2) is 19.9 Å². The molecule has 0 atom stereocenters. The van der Waals surface area contributed by atoms with Crippen molar-refractivity contribution >= 4 is 32.8 Å². The summed E-state index contributed by atoms with van der Waals surface area (Å²) in [6.07, 6.45) is 0. The summed E-state index contributed by atoms with van der Waals surface area (Å²) in [6, 6.07) is 71.1. The van der Waals surface area contributed by atoms with Gasteiger partial charge in [0, 0.05) is 38.4 Å². The van der Waals surface area contributed by atoms with Crippen molar-refractivity contribution in [3.05, 3.63) is 206 Å². The lowest BCUT2D eigenvalue weighted by atomic mass is 9.96. The Balaban J connectivity index is 0.999. The van der Waals surface area contributed by atoms with Crippen LogP contribution in [0, 0.1) is 0 Å². The van der Waals surface area contributed by atoms with Crippen LogP contribution in [-0.2, 0) is 0 Å². The number of benzene rings is 8. The van der Waals surface area contributed by atoms with Gasteiger partial charge in [-0.3, -0.25) is 0 Å². The minimum absolute atomic E-state index is 0.594. The molecular formula is C54H34N4O. The number of fused-ring (bicyclic) bond motifs is 5. The minimum Gasteiger partial charge on any atom is -0.454 e. The van der Waals surface area contributed by atoms with E-state index >= 15 is 0 Å². The molecule has 0 N–H and O–H groups in total. The average Bonchev–Trinajstić information content (AvgIpc) is 3.72. The van der Waals surface area contributed by atoms with Crippen molar-refractivity contribution in [2.24, 2.45) is 0 Å². The number of para-hydroxylation sites is 1. The fourth-order valence-corrected chi connectivity index (χ4v) is 7.94. The Morgan fingerprint density at radius 1 is 0.288 bits per heavy atom. The van der Waals surface area contributed by atoms with Gasteiger partial charge in [-0.2, -0.15) is 0 Å². The van der Waals surface area contributed by atoms with Crippen molar-refractivity contribution in [1.29, 1.82) is 0 Å². The zero-order chi connectivity index (χ0) is 39.1. The Labute approximate surface area is 341 Å². The number of hydrogen-bond donors (Lipinski definition) is 0. The predicted molar refractivity (Wildman–Crippen MR) is 240 cm³/mol. The maximum Gasteiger partial charge on any atom is 0.164 e. The van der Waals surface area contributed by atoms with E-state index in [1.54, 1.807) is 0 Å². The summed E-state index contributed by atoms with van der Waals surface area (Å²) < 4.78 is 6.65. The van der Waals surface area contributed by atoms with Gasteiger partial charge in [0.25, 0.3) is 0 Å². The SMILES string of the molecule is c1ccc(-c2ccc(-c3nc(-c4ccccc4)nc(-c4ccc(-c5nc6ccc(-c7cccc(-c8ccccc8)c7)cc6c6c5oc5ccccc56)cc4)n3)cc2)cc1. The van der Waals surface area contributed by atoms with E-state index in [0.29, 0.717) is 17.5 Å². The summed E-state index contributed by atoms with van der Waals surface area (Å²) in [4.78, 5) is 20.2. The van der Waals surface area contributed by atoms with E-state index in [1.165, 1.54) is 11.1 Å². The summed E-state index contributed by atoms with van der Waals surface area (Å²) >= 11 is 0. The molecule has 8 aromatic carbocycles. The smallest absolute Gasteiger partial charge is 0.164 e. The highest BCUT2D eigenvalue weighted by molar-refractivity contribution is 6.21. The molecule has 0 fully saturated rings. The van der Waals surface area contributed by atoms with E-state index in [9.17, 15) is 0 Å². The van der Waals surface area contributed by atoms with Crippen molar-refractivity contribution in [3.63, 3.8) is 0 Å². The van der Waals surface area contributed by atoms with Crippen molar-refractivity contribution in [1.82, 2.24) is 19.9 Å². The third kappa shape index (κ3) is 6.41. The fraction of sp³-hybridized carbons (Fsp3) is 0. The van der Waals surface area contributed by atoms with Gasteiger partial charge >= 0.3 is 0 Å². The molecule has 11 aromatic rings. The molecule has 0 aliphatic carbocycles. The highest BCUT2D eigenvalue weighted by Gasteiger charge is 2.19. The number of pyridine rings is 1. The van der Waals surface area contributed by atoms with Crippen LogP contribution in [0.1, 0.15) is 0 Å². The molecule has 0 saturated heterocycles. The summed E-state index contributed by atoms with van der Waals surface area (Å²) in [5.74, 6) is 1.83. The maximum atomic E-state index is 6.65. The van der Waals surface area contributed by atoms with Crippen molar-refractivity contribution in [2.45, 2.75) is 0 Å². The molecule has 0 aliphatic heterocycles. The van der Waals surface area contributed by atoms with Crippen LogP contribution in [0.25, 0.3) is 112 Å². The number of furan rings is 1. The van der Waals surface area contributed by atoms with E-state index in [1.807, 2.05) is 54.6 Å². The molecule has 0 spiro atoms. The second-order valence-corrected chi connectivity index (χ2v) is 14.6. The van der Waals surface area contributed by atoms with Gasteiger partial charge in [-0.15, -0.1) is 0 Å². The van der Waals surface area contributed by atoms with Crippen LogP contribution in [-0.4, -0.2) is 19.9 Å². The highest BCUT2D eigenvalue weighted by atomic mass is 16.3. The molecule has 0 radical (unpaired) electrons. The number of aromatic nitrogens is 4. The number of hydrogen-bond acceptors (Lipinski definition) is 5. The molecule has 0 bridgehead atoms. The first-order valence-corrected chi connectivity index (χ1v) is 19.7. The normalized spacial score (nSPS) is 11.4. The van der Waals surface area contributed by atoms with Gasteiger partial charge in [0.1, 0.15) is 11.3 Å². The van der Waals surface area contributed by atoms with E-state index in [0.717, 1.165) is 83.0 Å². The van der Waals surface area contributed by atoms with E-state index in [-0.39, 0.29) is 0 Å². The number of rotatable bonds is 7. The van der Waals surface area contributed by atoms with E-state index in [4.69, 9.17) is 24.4 Å². The highest BCUT2D eigenvalue weighted by Crippen LogP contribution is 2.41. The molecular weight excluding hydrogens is 721 g/mol. The lowest BCUT2D eigenvalue weighted by molar-refractivity contribution is 0.669. The van der Waals surface area contributed by atoms with Crippen LogP contribution in [0.3, 0.4) is 0 Å². The standard InChI is InChI=1S/C54H34N4O/c1-4-13-35(14-5-1)37-23-27-40(28-24-37)53-56-52(39-17-8-3-9-18-39)57-54(58-53)41-29-25-38(26-30-41)50-51-49(45-21-10-11-22-48(45)59-51)46-34-44(31-32-47(46)55-50)43-20-12-19-42(33-43)36-15-6-2-7-16-36/h1-34H. The first-order valence-electron chi connectivity index (χ1n) is 19.7. The van der Waals surface area contributed by atoms with Crippen LogP contribution >= 0.6 is 0 Å². The zero-order valence-corrected chi connectivity index (χ0v) is 31.8. The van der Waals surface area contributed by atoms with Crippen LogP contribution < -0.4 is 0 Å². The quantitative estimate of drug-likeness (QED) is 0.162. The maximum absolute atomic E-state index is 6.65. The first kappa shape index (κ1) is 34.2. The monoisotopic (exact) mass is 754 g/mol. The Bertz CT molecular complexity index is 3290. The van der Waals surface area contributed by atoms with E-state index in [2.05, 4.69) is 152 Å². The molecule has 0 unspecified atom stereocenters. The van der Waals surface area contributed by atoms with Gasteiger partial charge in [0.15, 0.2) is 23.1 Å². The molecule has 0 saturated carbocycles. The van der Waals surface area contributed by atoms with Crippen LogP contribution in [0.4, 0.5) is 0 Å². The Morgan fingerprint density at radius 2 is 0.712 bits per heavy atom. The van der Waals surface area contributed by atoms with Crippen molar-refractivity contribution in [2.75, 3.05) is 0 Å². The van der Waals surface area contributed by atoms with E-state index < -0.39 is 0 Å². The summed E-state index contributed by atoms with van der Waals surface area (Å²) in [7, 11) is 0. The zero-order valence-electron chi connectivity index (χ0n) is 31.8. The summed E-state index contributed by atoms with van der Waals surface area (Å²) in [5, 5.41) is 3.17. The summed E-state index contributed by atoms with van der Waals surface area (Å²) in [5.41, 5.74) is 13.9. The van der Waals surface area contributed by atoms with Crippen LogP contribution in [0.5, 0.6) is 0 Å². The summed E-state index contributed by atoms with van der Waals surface area (Å²) in [6.45, 7) is 0. The Kier molecular flexibility index (Phi) is 8.41. The molecule has 5 heteroatoms. The van der Waals surface area contributed by atoms with Gasteiger partial charge < -0.3 is 4.42 Å². The molecule has 59 heavy (non-hydrogen) atoms. The topological polar surface area (TPSA) is 64.7 Å². The lowest BCUT2D eigenvalue weighted by Gasteiger charge is -2.11. The molecule has 0 aliphatic rings. The van der Waals surface area contributed by atoms with Gasteiger partial charge in [-0.1, -0.05) is 182 Å². The fourth-order valence-electron chi connectivity index (χ4n) is 7.94. The Hall–Kier alpha value is -8.02. The van der Waals surface area contributed by atoms with Crippen LogP contribution in [0.2, 0.25) is 0 Å². The van der Waals surface area contributed by atoms with Crippen molar-refractivity contribution in [3.8, 4) is 78.8 Å². The number of nitrogens with zero attached hydrogens (tertiary/aromatic N) is 4. The average molecular weight is 755 g/mol. The second kappa shape index (κ2) is 14.5. The first-order chi connectivity index (χ1) is 29.2. The minimum atomic E-state index is 0.594. The Morgan fingerprint density at radius 3 is 1.34 bits per heavy atom. The largest absolute Gasteiger partial charge is 0.454 e. The lowest BCUT2D eigenvalue weighted by Crippen LogP contribution is -2.00. The third-order valence-electron chi connectivity index (χ3n) is 10.9. The molecule has 11 rings (SSSR count). The van der Waals surface area contributed by atoms with Gasteiger partial charge in [-0.05, 0) is 57.6 Å². The van der Waals surface area contributed by atoms with Crippen LogP contribution in [0.15, 0.2) is 211 Å². The van der Waals surface area contributed by atoms with Gasteiger partial charge in [0.2, 0.25) is 0 Å².